The maximum atomic E-state index is 12.6. The molecule has 2 N–H and O–H groups in total. The van der Waals surface area contributed by atoms with E-state index in [0.29, 0.717) is 22.8 Å². The number of benzene rings is 2. The second-order valence-electron chi connectivity index (χ2n) is 5.98. The van der Waals surface area contributed by atoms with Crippen LogP contribution in [0.25, 0.3) is 5.69 Å². The van der Waals surface area contributed by atoms with Gasteiger partial charge in [0.25, 0.3) is 11.6 Å². The minimum Gasteiger partial charge on any atom is -0.495 e. The van der Waals surface area contributed by atoms with E-state index in [1.54, 1.807) is 18.3 Å². The van der Waals surface area contributed by atoms with Crippen LogP contribution in [0, 0.1) is 10.1 Å². The molecule has 29 heavy (non-hydrogen) atoms. The van der Waals surface area contributed by atoms with E-state index in [9.17, 15) is 19.7 Å². The summed E-state index contributed by atoms with van der Waals surface area (Å²) in [6, 6.07) is 8.87. The second-order valence-corrected chi connectivity index (χ2v) is 5.98. The molecule has 3 rings (SSSR count). The number of methoxy groups -OCH3 is 1. The molecule has 2 amide bonds. The van der Waals surface area contributed by atoms with Crippen LogP contribution in [0.2, 0.25) is 0 Å². The third-order valence-electron chi connectivity index (χ3n) is 3.98. The van der Waals surface area contributed by atoms with Gasteiger partial charge in [-0.3, -0.25) is 19.7 Å². The van der Waals surface area contributed by atoms with Gasteiger partial charge < -0.3 is 19.9 Å². The molecule has 0 aliphatic heterocycles. The van der Waals surface area contributed by atoms with Crippen LogP contribution in [0.1, 0.15) is 17.3 Å². The minimum atomic E-state index is -0.561. The molecule has 0 unspecified atom stereocenters. The summed E-state index contributed by atoms with van der Waals surface area (Å²) in [4.78, 5) is 38.7. The van der Waals surface area contributed by atoms with Crippen molar-refractivity contribution in [3.05, 3.63) is 70.8 Å². The van der Waals surface area contributed by atoms with Crippen molar-refractivity contribution in [1.82, 2.24) is 9.55 Å². The number of imidazole rings is 1. The Kier molecular flexibility index (Phi) is 5.54. The van der Waals surface area contributed by atoms with E-state index >= 15 is 0 Å². The standard InChI is InChI=1S/C19H17N5O5/c1-12(25)21-15-10-14(4-6-18(15)29-2)22-19(26)13-3-5-16(17(9-13)24(27)28)23-8-7-20-11-23/h3-11H,1-2H3,(H,21,25)(H,22,26). The van der Waals surface area contributed by atoms with Crippen molar-refractivity contribution in [3.63, 3.8) is 0 Å². The maximum Gasteiger partial charge on any atom is 0.294 e. The van der Waals surface area contributed by atoms with E-state index < -0.39 is 10.8 Å². The molecule has 2 aromatic carbocycles. The molecular weight excluding hydrogens is 378 g/mol. The van der Waals surface area contributed by atoms with Gasteiger partial charge in [-0.1, -0.05) is 0 Å². The van der Waals surface area contributed by atoms with Gasteiger partial charge in [-0.05, 0) is 30.3 Å². The predicted octanol–water partition coefficient (Wildman–Crippen LogP) is 3.00. The lowest BCUT2D eigenvalue weighted by molar-refractivity contribution is -0.384. The smallest absolute Gasteiger partial charge is 0.294 e. The van der Waals surface area contributed by atoms with Crippen molar-refractivity contribution in [3.8, 4) is 11.4 Å². The fraction of sp³-hybridized carbons (Fsp3) is 0.105. The molecule has 0 aliphatic carbocycles. The normalized spacial score (nSPS) is 10.3. The van der Waals surface area contributed by atoms with E-state index in [1.165, 1.54) is 55.4 Å². The molecule has 0 atom stereocenters. The average molecular weight is 395 g/mol. The number of nitrogens with one attached hydrogen (secondary N) is 2. The number of hydrogen-bond donors (Lipinski definition) is 2. The lowest BCUT2D eigenvalue weighted by atomic mass is 10.1. The molecule has 0 aliphatic rings. The fourth-order valence-corrected chi connectivity index (χ4v) is 2.71. The zero-order chi connectivity index (χ0) is 21.0. The molecule has 0 bridgehead atoms. The Morgan fingerprint density at radius 3 is 2.59 bits per heavy atom. The molecule has 3 aromatic rings. The number of ether oxygens (including phenoxy) is 1. The molecule has 1 heterocycles. The van der Waals surface area contributed by atoms with Crippen LogP contribution >= 0.6 is 0 Å². The van der Waals surface area contributed by atoms with E-state index in [1.807, 2.05) is 0 Å². The number of carbonyl (C=O) groups excluding carboxylic acids is 2. The van der Waals surface area contributed by atoms with Crippen LogP contribution in [0.3, 0.4) is 0 Å². The topological polar surface area (TPSA) is 128 Å². The molecule has 10 nitrogen and oxygen atoms in total. The SMILES string of the molecule is COc1ccc(NC(=O)c2ccc(-n3ccnc3)c([N+](=O)[O-])c2)cc1NC(C)=O. The summed E-state index contributed by atoms with van der Waals surface area (Å²) in [6.07, 6.45) is 4.51. The van der Waals surface area contributed by atoms with Gasteiger partial charge in [0.05, 0.1) is 24.0 Å². The summed E-state index contributed by atoms with van der Waals surface area (Å²) in [5.41, 5.74) is 0.948. The Morgan fingerprint density at radius 1 is 1.17 bits per heavy atom. The van der Waals surface area contributed by atoms with Gasteiger partial charge in [0.2, 0.25) is 5.91 Å². The molecular formula is C19H17N5O5. The number of nitrogens with zero attached hydrogens (tertiary/aromatic N) is 3. The van der Waals surface area contributed by atoms with Crippen molar-refractivity contribution >= 4 is 28.9 Å². The minimum absolute atomic E-state index is 0.109. The van der Waals surface area contributed by atoms with Crippen LogP contribution in [0.5, 0.6) is 5.75 Å². The van der Waals surface area contributed by atoms with Crippen molar-refractivity contribution in [2.75, 3.05) is 17.7 Å². The first-order valence-electron chi connectivity index (χ1n) is 8.43. The van der Waals surface area contributed by atoms with Gasteiger partial charge in [-0.25, -0.2) is 4.98 Å². The number of hydrogen-bond acceptors (Lipinski definition) is 6. The Labute approximate surface area is 165 Å². The van der Waals surface area contributed by atoms with Gasteiger partial charge in [-0.2, -0.15) is 0 Å². The third kappa shape index (κ3) is 4.38. The van der Waals surface area contributed by atoms with Gasteiger partial charge in [0.15, 0.2) is 0 Å². The van der Waals surface area contributed by atoms with Crippen LogP contribution in [-0.4, -0.2) is 33.4 Å². The molecule has 0 saturated heterocycles. The van der Waals surface area contributed by atoms with Gasteiger partial charge in [0.1, 0.15) is 11.4 Å². The Morgan fingerprint density at radius 2 is 1.97 bits per heavy atom. The van der Waals surface area contributed by atoms with Crippen LogP contribution < -0.4 is 15.4 Å². The highest BCUT2D eigenvalue weighted by Crippen LogP contribution is 2.29. The summed E-state index contributed by atoms with van der Waals surface area (Å²) >= 11 is 0. The molecule has 148 valence electrons. The molecule has 0 saturated carbocycles. The average Bonchev–Trinajstić information content (AvgIpc) is 3.22. The zero-order valence-corrected chi connectivity index (χ0v) is 15.6. The van der Waals surface area contributed by atoms with Crippen LogP contribution in [0.4, 0.5) is 17.1 Å². The summed E-state index contributed by atoms with van der Waals surface area (Å²) < 4.78 is 6.66. The van der Waals surface area contributed by atoms with Crippen molar-refractivity contribution in [2.45, 2.75) is 6.92 Å². The summed E-state index contributed by atoms with van der Waals surface area (Å²) in [5.74, 6) is -0.403. The van der Waals surface area contributed by atoms with Crippen molar-refractivity contribution in [2.24, 2.45) is 0 Å². The first-order valence-corrected chi connectivity index (χ1v) is 8.43. The Hall–Kier alpha value is -4.21. The van der Waals surface area contributed by atoms with Gasteiger partial charge in [0, 0.05) is 36.6 Å². The highest BCUT2D eigenvalue weighted by molar-refractivity contribution is 6.05. The second kappa shape index (κ2) is 8.21. The summed E-state index contributed by atoms with van der Waals surface area (Å²) in [5, 5.41) is 16.7. The number of rotatable bonds is 6. The van der Waals surface area contributed by atoms with E-state index in [0.717, 1.165) is 0 Å². The zero-order valence-electron chi connectivity index (χ0n) is 15.6. The largest absolute Gasteiger partial charge is 0.495 e. The lowest BCUT2D eigenvalue weighted by Gasteiger charge is -2.12. The first kappa shape index (κ1) is 19.5. The van der Waals surface area contributed by atoms with Gasteiger partial charge >= 0.3 is 0 Å². The quantitative estimate of drug-likeness (QED) is 0.488. The van der Waals surface area contributed by atoms with E-state index in [2.05, 4.69) is 15.6 Å². The summed E-state index contributed by atoms with van der Waals surface area (Å²) in [7, 11) is 1.46. The molecule has 0 radical (unpaired) electrons. The van der Waals surface area contributed by atoms with Gasteiger partial charge in [-0.15, -0.1) is 0 Å². The maximum absolute atomic E-state index is 12.6. The lowest BCUT2D eigenvalue weighted by Crippen LogP contribution is -2.14. The van der Waals surface area contributed by atoms with Crippen molar-refractivity contribution in [1.29, 1.82) is 0 Å². The fourth-order valence-electron chi connectivity index (χ4n) is 2.71. The molecule has 0 spiro atoms. The number of nitro groups is 1. The number of anilines is 2. The molecule has 10 heteroatoms. The van der Waals surface area contributed by atoms with E-state index in [-0.39, 0.29) is 17.2 Å². The van der Waals surface area contributed by atoms with Crippen LogP contribution in [-0.2, 0) is 4.79 Å². The number of aromatic nitrogens is 2. The Balaban J connectivity index is 1.88. The predicted molar refractivity (Wildman–Crippen MR) is 105 cm³/mol. The van der Waals surface area contributed by atoms with E-state index in [4.69, 9.17) is 4.74 Å². The Bertz CT molecular complexity index is 1080. The number of nitro benzene ring substituents is 1. The highest BCUT2D eigenvalue weighted by atomic mass is 16.6. The first-order chi connectivity index (χ1) is 13.9. The molecule has 0 fully saturated rings. The number of amides is 2. The third-order valence-corrected chi connectivity index (χ3v) is 3.98. The molecule has 1 aromatic heterocycles. The highest BCUT2D eigenvalue weighted by Gasteiger charge is 2.19. The van der Waals surface area contributed by atoms with Crippen LogP contribution in [0.15, 0.2) is 55.1 Å². The number of carbonyl (C=O) groups is 2. The van der Waals surface area contributed by atoms with Crippen molar-refractivity contribution < 1.29 is 19.2 Å². The monoisotopic (exact) mass is 395 g/mol. The summed E-state index contributed by atoms with van der Waals surface area (Å²) in [6.45, 7) is 1.35.